The highest BCUT2D eigenvalue weighted by atomic mass is 32.1. The minimum atomic E-state index is -0.245. The number of nitrogens with zero attached hydrogens (tertiary/aromatic N) is 2. The molecule has 0 fully saturated rings. The Kier molecular flexibility index (Phi) is 3.77. The highest BCUT2D eigenvalue weighted by molar-refractivity contribution is 7.13. The van der Waals surface area contributed by atoms with E-state index in [1.54, 1.807) is 17.7 Å². The van der Waals surface area contributed by atoms with Gasteiger partial charge in [0.25, 0.3) is 5.91 Å². The van der Waals surface area contributed by atoms with Gasteiger partial charge in [-0.25, -0.2) is 4.98 Å². The zero-order valence-electron chi connectivity index (χ0n) is 12.5. The topological polar surface area (TPSA) is 68.0 Å². The van der Waals surface area contributed by atoms with Gasteiger partial charge in [-0.05, 0) is 44.5 Å². The van der Waals surface area contributed by atoms with E-state index in [2.05, 4.69) is 15.3 Å². The molecule has 0 bridgehead atoms. The quantitative estimate of drug-likeness (QED) is 0.794. The van der Waals surface area contributed by atoms with E-state index < -0.39 is 0 Å². The average molecular weight is 313 g/mol. The summed E-state index contributed by atoms with van der Waals surface area (Å²) in [7, 11) is 0. The predicted octanol–water partition coefficient (Wildman–Crippen LogP) is 3.98. The van der Waals surface area contributed by atoms with Crippen LogP contribution in [0.1, 0.15) is 27.4 Å². The van der Waals surface area contributed by atoms with Gasteiger partial charge in [0.2, 0.25) is 0 Å². The van der Waals surface area contributed by atoms with Crippen LogP contribution in [0.25, 0.3) is 10.8 Å². The molecule has 3 heterocycles. The van der Waals surface area contributed by atoms with Gasteiger partial charge < -0.3 is 9.73 Å². The summed E-state index contributed by atoms with van der Waals surface area (Å²) >= 11 is 1.38. The third-order valence-electron chi connectivity index (χ3n) is 3.23. The van der Waals surface area contributed by atoms with Gasteiger partial charge in [-0.2, -0.15) is 0 Å². The highest BCUT2D eigenvalue weighted by Crippen LogP contribution is 2.25. The van der Waals surface area contributed by atoms with E-state index in [0.29, 0.717) is 16.5 Å². The Balaban J connectivity index is 1.84. The first-order valence-electron chi connectivity index (χ1n) is 6.80. The van der Waals surface area contributed by atoms with Crippen molar-refractivity contribution >= 4 is 22.9 Å². The van der Waals surface area contributed by atoms with Crippen molar-refractivity contribution in [1.82, 2.24) is 9.97 Å². The Morgan fingerprint density at radius 3 is 2.77 bits per heavy atom. The number of hydrogen-bond donors (Lipinski definition) is 1. The van der Waals surface area contributed by atoms with Crippen LogP contribution in [0.4, 0.5) is 5.69 Å². The first kappa shape index (κ1) is 14.5. The molecule has 0 aromatic carbocycles. The molecule has 6 heteroatoms. The van der Waals surface area contributed by atoms with Crippen LogP contribution in [0.3, 0.4) is 0 Å². The molecule has 0 radical (unpaired) electrons. The van der Waals surface area contributed by atoms with Crippen LogP contribution in [-0.2, 0) is 0 Å². The molecule has 1 N–H and O–H groups in total. The maximum absolute atomic E-state index is 12.4. The summed E-state index contributed by atoms with van der Waals surface area (Å²) in [4.78, 5) is 21.1. The van der Waals surface area contributed by atoms with Crippen molar-refractivity contribution in [2.45, 2.75) is 20.8 Å². The number of thiazole rings is 1. The number of anilines is 1. The van der Waals surface area contributed by atoms with Gasteiger partial charge in [0, 0.05) is 11.1 Å². The summed E-state index contributed by atoms with van der Waals surface area (Å²) in [6.07, 6.45) is 1.58. The highest BCUT2D eigenvalue weighted by Gasteiger charge is 2.15. The van der Waals surface area contributed by atoms with Crippen molar-refractivity contribution in [3.05, 3.63) is 52.5 Å². The number of nitrogens with one attached hydrogen (secondary N) is 1. The van der Waals surface area contributed by atoms with Crippen LogP contribution < -0.4 is 5.32 Å². The van der Waals surface area contributed by atoms with E-state index >= 15 is 0 Å². The van der Waals surface area contributed by atoms with Crippen molar-refractivity contribution < 1.29 is 9.21 Å². The van der Waals surface area contributed by atoms with Crippen molar-refractivity contribution in [3.8, 4) is 10.8 Å². The molecule has 0 aliphatic heterocycles. The van der Waals surface area contributed by atoms with Crippen LogP contribution in [0, 0.1) is 20.8 Å². The largest absolute Gasteiger partial charge is 0.462 e. The Bertz CT molecular complexity index is 799. The maximum atomic E-state index is 12.4. The molecule has 112 valence electrons. The zero-order chi connectivity index (χ0) is 15.7. The van der Waals surface area contributed by atoms with Crippen molar-refractivity contribution in [3.63, 3.8) is 0 Å². The second kappa shape index (κ2) is 5.73. The van der Waals surface area contributed by atoms with E-state index in [4.69, 9.17) is 4.42 Å². The Morgan fingerprint density at radius 1 is 1.27 bits per heavy atom. The van der Waals surface area contributed by atoms with E-state index in [0.717, 1.165) is 22.6 Å². The first-order chi connectivity index (χ1) is 10.5. The minimum Gasteiger partial charge on any atom is -0.462 e. The smallest absolute Gasteiger partial charge is 0.275 e. The van der Waals surface area contributed by atoms with Crippen molar-refractivity contribution in [1.29, 1.82) is 0 Å². The fourth-order valence-corrected chi connectivity index (χ4v) is 3.05. The van der Waals surface area contributed by atoms with Crippen LogP contribution >= 0.6 is 11.3 Å². The standard InChI is InChI=1S/C16H15N3O2S/c1-9-7-10(2)17-11(3)14(9)19-15(20)12-8-22-16(18-12)13-5-4-6-21-13/h4-8H,1-3H3,(H,19,20). The summed E-state index contributed by atoms with van der Waals surface area (Å²) in [5.74, 6) is 0.416. The van der Waals surface area contributed by atoms with E-state index in [1.165, 1.54) is 11.3 Å². The molecule has 3 aromatic heterocycles. The number of carbonyl (C=O) groups excluding carboxylic acids is 1. The fourth-order valence-electron chi connectivity index (χ4n) is 2.28. The molecule has 3 aromatic rings. The lowest BCUT2D eigenvalue weighted by atomic mass is 10.1. The van der Waals surface area contributed by atoms with E-state index in [1.807, 2.05) is 32.9 Å². The third kappa shape index (κ3) is 2.78. The number of aromatic nitrogens is 2. The molecule has 0 saturated heterocycles. The number of amides is 1. The van der Waals surface area contributed by atoms with Crippen LogP contribution in [0.2, 0.25) is 0 Å². The molecular weight excluding hydrogens is 298 g/mol. The normalized spacial score (nSPS) is 10.7. The molecule has 0 unspecified atom stereocenters. The van der Waals surface area contributed by atoms with Gasteiger partial charge in [-0.1, -0.05) is 0 Å². The summed E-state index contributed by atoms with van der Waals surface area (Å²) in [5.41, 5.74) is 3.83. The molecule has 1 amide bonds. The van der Waals surface area contributed by atoms with Crippen molar-refractivity contribution in [2.75, 3.05) is 5.32 Å². The monoisotopic (exact) mass is 313 g/mol. The molecule has 0 aliphatic carbocycles. The zero-order valence-corrected chi connectivity index (χ0v) is 13.3. The first-order valence-corrected chi connectivity index (χ1v) is 7.68. The number of carbonyl (C=O) groups is 1. The molecule has 0 spiro atoms. The maximum Gasteiger partial charge on any atom is 0.275 e. The lowest BCUT2D eigenvalue weighted by Crippen LogP contribution is -2.15. The van der Waals surface area contributed by atoms with Crippen LogP contribution in [-0.4, -0.2) is 15.9 Å². The van der Waals surface area contributed by atoms with Crippen LogP contribution in [0.15, 0.2) is 34.3 Å². The Morgan fingerprint density at radius 2 is 2.09 bits per heavy atom. The summed E-state index contributed by atoms with van der Waals surface area (Å²) < 4.78 is 5.29. The molecule has 5 nitrogen and oxygen atoms in total. The number of aryl methyl sites for hydroxylation is 3. The Hall–Kier alpha value is -2.47. The van der Waals surface area contributed by atoms with Crippen molar-refractivity contribution in [2.24, 2.45) is 0 Å². The summed E-state index contributed by atoms with van der Waals surface area (Å²) in [5, 5.41) is 5.30. The Labute approximate surface area is 132 Å². The van der Waals surface area contributed by atoms with E-state index in [-0.39, 0.29) is 5.91 Å². The third-order valence-corrected chi connectivity index (χ3v) is 4.09. The van der Waals surface area contributed by atoms with Gasteiger partial charge in [-0.3, -0.25) is 9.78 Å². The summed E-state index contributed by atoms with van der Waals surface area (Å²) in [6.45, 7) is 5.76. The molecular formula is C16H15N3O2S. The molecule has 22 heavy (non-hydrogen) atoms. The van der Waals surface area contributed by atoms with Gasteiger partial charge in [0.1, 0.15) is 5.69 Å². The lowest BCUT2D eigenvalue weighted by molar-refractivity contribution is 0.102. The molecule has 0 atom stereocenters. The second-order valence-corrected chi connectivity index (χ2v) is 5.87. The van der Waals surface area contributed by atoms with Gasteiger partial charge in [-0.15, -0.1) is 11.3 Å². The predicted molar refractivity (Wildman–Crippen MR) is 86.2 cm³/mol. The number of hydrogen-bond acceptors (Lipinski definition) is 5. The minimum absolute atomic E-state index is 0.245. The van der Waals surface area contributed by atoms with Gasteiger partial charge in [0.15, 0.2) is 10.8 Å². The fraction of sp³-hybridized carbons (Fsp3) is 0.188. The SMILES string of the molecule is Cc1cc(C)c(NC(=O)c2csc(-c3ccco3)n2)c(C)n1. The number of furan rings is 1. The molecule has 3 rings (SSSR count). The van der Waals surface area contributed by atoms with Gasteiger partial charge >= 0.3 is 0 Å². The average Bonchev–Trinajstić information content (AvgIpc) is 3.12. The second-order valence-electron chi connectivity index (χ2n) is 5.01. The van der Waals surface area contributed by atoms with Gasteiger partial charge in [0.05, 0.1) is 17.6 Å². The molecule has 0 saturated carbocycles. The molecule has 0 aliphatic rings. The number of rotatable bonds is 3. The number of pyridine rings is 1. The lowest BCUT2D eigenvalue weighted by Gasteiger charge is -2.10. The van der Waals surface area contributed by atoms with E-state index in [9.17, 15) is 4.79 Å². The summed E-state index contributed by atoms with van der Waals surface area (Å²) in [6, 6.07) is 5.55. The van der Waals surface area contributed by atoms with Crippen LogP contribution in [0.5, 0.6) is 0 Å².